The van der Waals surface area contributed by atoms with Crippen LogP contribution in [0.2, 0.25) is 0 Å². The average molecular weight is 286 g/mol. The molecular weight excluding hydrogens is 272 g/mol. The lowest BCUT2D eigenvalue weighted by Crippen LogP contribution is -1.95. The van der Waals surface area contributed by atoms with E-state index in [1.165, 1.54) is 4.90 Å². The first-order chi connectivity index (χ1) is 9.74. The van der Waals surface area contributed by atoms with Gasteiger partial charge in [0.25, 0.3) is 0 Å². The molecule has 0 bridgehead atoms. The van der Waals surface area contributed by atoms with Crippen LogP contribution in [0, 0.1) is 0 Å². The molecule has 0 saturated carbocycles. The quantitative estimate of drug-likeness (QED) is 0.585. The van der Waals surface area contributed by atoms with E-state index in [1.807, 2.05) is 36.6 Å². The van der Waals surface area contributed by atoms with Crippen LogP contribution < -0.4 is 10.5 Å². The molecule has 0 unspecified atom stereocenters. The maximum Gasteiger partial charge on any atom is 0.233 e. The molecule has 2 aromatic carbocycles. The number of aromatic nitrogens is 1. The average Bonchev–Trinajstić information content (AvgIpc) is 2.87. The van der Waals surface area contributed by atoms with E-state index in [9.17, 15) is 0 Å². The third-order valence-electron chi connectivity index (χ3n) is 2.88. The predicted molar refractivity (Wildman–Crippen MR) is 81.0 cm³/mol. The van der Waals surface area contributed by atoms with Crippen LogP contribution in [0.1, 0.15) is 5.89 Å². The second kappa shape index (κ2) is 5.46. The zero-order valence-corrected chi connectivity index (χ0v) is 11.8. The number of fused-ring (bicyclic) bond motifs is 1. The van der Waals surface area contributed by atoms with E-state index in [0.717, 1.165) is 11.3 Å². The van der Waals surface area contributed by atoms with Crippen molar-refractivity contribution in [1.82, 2.24) is 4.98 Å². The number of nitrogen functional groups attached to an aromatic ring is 1. The molecule has 5 heteroatoms. The van der Waals surface area contributed by atoms with Crippen molar-refractivity contribution < 1.29 is 9.15 Å². The fourth-order valence-electron chi connectivity index (χ4n) is 1.87. The van der Waals surface area contributed by atoms with Crippen molar-refractivity contribution in [2.45, 2.75) is 11.5 Å². The number of thioether (sulfide) groups is 1. The highest BCUT2D eigenvalue weighted by atomic mass is 32.2. The number of benzene rings is 2. The van der Waals surface area contributed by atoms with Crippen LogP contribution in [0.3, 0.4) is 0 Å². The fourth-order valence-corrected chi connectivity index (χ4v) is 2.28. The number of anilines is 1. The summed E-state index contributed by atoms with van der Waals surface area (Å²) in [7, 11) is 0. The van der Waals surface area contributed by atoms with Gasteiger partial charge in [0.2, 0.25) is 5.89 Å². The van der Waals surface area contributed by atoms with Crippen molar-refractivity contribution in [3.8, 4) is 5.75 Å². The van der Waals surface area contributed by atoms with Crippen molar-refractivity contribution in [3.05, 3.63) is 48.4 Å². The van der Waals surface area contributed by atoms with Gasteiger partial charge in [-0.3, -0.25) is 0 Å². The summed E-state index contributed by atoms with van der Waals surface area (Å²) in [6.45, 7) is 0.299. The maximum atomic E-state index is 5.70. The fraction of sp³-hybridized carbons (Fsp3) is 0.133. The van der Waals surface area contributed by atoms with E-state index < -0.39 is 0 Å². The number of rotatable bonds is 4. The van der Waals surface area contributed by atoms with E-state index in [4.69, 9.17) is 14.9 Å². The van der Waals surface area contributed by atoms with Gasteiger partial charge < -0.3 is 14.9 Å². The number of oxazole rings is 1. The Balaban J connectivity index is 1.72. The third kappa shape index (κ3) is 2.72. The summed E-state index contributed by atoms with van der Waals surface area (Å²) in [5.74, 6) is 1.34. The van der Waals surface area contributed by atoms with Gasteiger partial charge in [-0.25, -0.2) is 4.98 Å². The lowest BCUT2D eigenvalue weighted by molar-refractivity contribution is 0.267. The topological polar surface area (TPSA) is 61.3 Å². The van der Waals surface area contributed by atoms with Gasteiger partial charge in [-0.15, -0.1) is 11.8 Å². The van der Waals surface area contributed by atoms with Gasteiger partial charge in [-0.2, -0.15) is 0 Å². The van der Waals surface area contributed by atoms with Crippen molar-refractivity contribution in [1.29, 1.82) is 0 Å². The van der Waals surface area contributed by atoms with Crippen LogP contribution in [-0.2, 0) is 6.61 Å². The first kappa shape index (κ1) is 12.9. The molecule has 102 valence electrons. The van der Waals surface area contributed by atoms with Gasteiger partial charge in [0.15, 0.2) is 12.2 Å². The second-order valence-electron chi connectivity index (χ2n) is 4.30. The SMILES string of the molecule is CSc1ccc(OCc2nc3ccc(N)cc3o2)cc1. The largest absolute Gasteiger partial charge is 0.484 e. The zero-order valence-electron chi connectivity index (χ0n) is 11.0. The van der Waals surface area contributed by atoms with Crippen LogP contribution in [0.4, 0.5) is 5.69 Å². The van der Waals surface area contributed by atoms with Crippen molar-refractivity contribution in [2.75, 3.05) is 12.0 Å². The molecule has 0 radical (unpaired) electrons. The molecule has 3 aromatic rings. The summed E-state index contributed by atoms with van der Waals surface area (Å²) in [5, 5.41) is 0. The molecule has 0 aliphatic heterocycles. The molecular formula is C15H14N2O2S. The Hall–Kier alpha value is -2.14. The van der Waals surface area contributed by atoms with Crippen LogP contribution in [0.25, 0.3) is 11.1 Å². The molecule has 0 saturated heterocycles. The molecule has 20 heavy (non-hydrogen) atoms. The van der Waals surface area contributed by atoms with E-state index in [-0.39, 0.29) is 0 Å². The molecule has 4 nitrogen and oxygen atoms in total. The summed E-state index contributed by atoms with van der Waals surface area (Å²) in [4.78, 5) is 5.55. The number of ether oxygens (including phenoxy) is 1. The minimum absolute atomic E-state index is 0.299. The van der Waals surface area contributed by atoms with E-state index in [1.54, 1.807) is 23.9 Å². The summed E-state index contributed by atoms with van der Waals surface area (Å²) in [6.07, 6.45) is 2.04. The molecule has 0 atom stereocenters. The van der Waals surface area contributed by atoms with Gasteiger partial charge in [0.05, 0.1) is 0 Å². The number of hydrogen-bond donors (Lipinski definition) is 1. The molecule has 3 rings (SSSR count). The van der Waals surface area contributed by atoms with Crippen molar-refractivity contribution in [3.63, 3.8) is 0 Å². The standard InChI is InChI=1S/C15H14N2O2S/c1-20-12-5-3-11(4-6-12)18-9-15-17-13-7-2-10(16)8-14(13)19-15/h2-8H,9,16H2,1H3. The highest BCUT2D eigenvalue weighted by Crippen LogP contribution is 2.21. The number of nitrogens with two attached hydrogens (primary N) is 1. The van der Waals surface area contributed by atoms with E-state index >= 15 is 0 Å². The Labute approximate surface area is 120 Å². The highest BCUT2D eigenvalue weighted by Gasteiger charge is 2.06. The molecule has 1 heterocycles. The van der Waals surface area contributed by atoms with Gasteiger partial charge in [0, 0.05) is 16.6 Å². The van der Waals surface area contributed by atoms with Gasteiger partial charge in [-0.05, 0) is 42.7 Å². The van der Waals surface area contributed by atoms with Gasteiger partial charge in [-0.1, -0.05) is 0 Å². The predicted octanol–water partition coefficient (Wildman–Crippen LogP) is 3.71. The zero-order chi connectivity index (χ0) is 13.9. The molecule has 0 fully saturated rings. The van der Waals surface area contributed by atoms with Crippen LogP contribution in [-0.4, -0.2) is 11.2 Å². The summed E-state index contributed by atoms with van der Waals surface area (Å²) < 4.78 is 11.2. The molecule has 0 amide bonds. The molecule has 2 N–H and O–H groups in total. The Morgan fingerprint density at radius 3 is 2.75 bits per heavy atom. The minimum atomic E-state index is 0.299. The summed E-state index contributed by atoms with van der Waals surface area (Å²) >= 11 is 1.70. The van der Waals surface area contributed by atoms with E-state index in [2.05, 4.69) is 4.98 Å². The normalized spacial score (nSPS) is 10.8. The van der Waals surface area contributed by atoms with Crippen LogP contribution in [0.15, 0.2) is 51.8 Å². The van der Waals surface area contributed by atoms with Crippen molar-refractivity contribution >= 4 is 28.5 Å². The van der Waals surface area contributed by atoms with Crippen LogP contribution >= 0.6 is 11.8 Å². The Morgan fingerprint density at radius 1 is 1.20 bits per heavy atom. The van der Waals surface area contributed by atoms with Gasteiger partial charge >= 0.3 is 0 Å². The summed E-state index contributed by atoms with van der Waals surface area (Å²) in [6, 6.07) is 13.3. The highest BCUT2D eigenvalue weighted by molar-refractivity contribution is 7.98. The molecule has 0 aliphatic carbocycles. The lowest BCUT2D eigenvalue weighted by Gasteiger charge is -2.03. The third-order valence-corrected chi connectivity index (χ3v) is 3.62. The van der Waals surface area contributed by atoms with Crippen LogP contribution in [0.5, 0.6) is 5.75 Å². The monoisotopic (exact) mass is 286 g/mol. The summed E-state index contributed by atoms with van der Waals surface area (Å²) in [5.41, 5.74) is 7.83. The minimum Gasteiger partial charge on any atom is -0.484 e. The Morgan fingerprint density at radius 2 is 2.00 bits per heavy atom. The first-order valence-corrected chi connectivity index (χ1v) is 7.39. The Bertz CT molecular complexity index is 722. The molecule has 0 spiro atoms. The molecule has 1 aromatic heterocycles. The lowest BCUT2D eigenvalue weighted by atomic mass is 10.3. The van der Waals surface area contributed by atoms with Crippen molar-refractivity contribution in [2.24, 2.45) is 0 Å². The Kier molecular flexibility index (Phi) is 3.52. The molecule has 0 aliphatic rings. The smallest absolute Gasteiger partial charge is 0.233 e. The number of nitrogens with zero attached hydrogens (tertiary/aromatic N) is 1. The second-order valence-corrected chi connectivity index (χ2v) is 5.18. The maximum absolute atomic E-state index is 5.70. The van der Waals surface area contributed by atoms with Gasteiger partial charge in [0.1, 0.15) is 11.3 Å². The van der Waals surface area contributed by atoms with E-state index in [0.29, 0.717) is 23.8 Å². The number of hydrogen-bond acceptors (Lipinski definition) is 5. The first-order valence-electron chi connectivity index (χ1n) is 6.16.